The minimum atomic E-state index is -4.64. The molecule has 0 unspecified atom stereocenters. The fraction of sp³-hybridized carbons (Fsp3) is 0.250. The standard InChI is InChI=1S/C20H19F3N4O2/c1-27(2)14-9-10-25-19(17(14)20(21,22)23)13-5-3-11(4-8-16(28)29)12-6-7-15(24)26-18(12)13/h3,5-7,9-10H,4,8H2,1-2H3,(H2,24,26)(H,28,29). The van der Waals surface area contributed by atoms with Gasteiger partial charge in [-0.2, -0.15) is 13.2 Å². The summed E-state index contributed by atoms with van der Waals surface area (Å²) < 4.78 is 41.8. The van der Waals surface area contributed by atoms with Gasteiger partial charge in [0.25, 0.3) is 0 Å². The third-order valence-electron chi connectivity index (χ3n) is 4.53. The minimum absolute atomic E-state index is 0.0190. The van der Waals surface area contributed by atoms with Crippen molar-refractivity contribution in [1.82, 2.24) is 9.97 Å². The van der Waals surface area contributed by atoms with Crippen LogP contribution in [-0.2, 0) is 17.4 Å². The maximum Gasteiger partial charge on any atom is 0.420 e. The molecule has 0 spiro atoms. The smallest absolute Gasteiger partial charge is 0.420 e. The van der Waals surface area contributed by atoms with Gasteiger partial charge in [-0.05, 0) is 30.2 Å². The van der Waals surface area contributed by atoms with Gasteiger partial charge in [-0.1, -0.05) is 12.1 Å². The van der Waals surface area contributed by atoms with Gasteiger partial charge in [0.1, 0.15) is 11.4 Å². The number of fused-ring (bicyclic) bond motifs is 1. The van der Waals surface area contributed by atoms with Gasteiger partial charge in [-0.15, -0.1) is 0 Å². The molecule has 0 aliphatic rings. The fourth-order valence-electron chi connectivity index (χ4n) is 3.25. The van der Waals surface area contributed by atoms with Crippen LogP contribution in [0.2, 0.25) is 0 Å². The van der Waals surface area contributed by atoms with Crippen molar-refractivity contribution < 1.29 is 23.1 Å². The zero-order valence-electron chi connectivity index (χ0n) is 15.8. The molecule has 2 heterocycles. The average Bonchev–Trinajstić information content (AvgIpc) is 2.64. The number of nitrogens with two attached hydrogens (primary N) is 1. The first-order valence-corrected chi connectivity index (χ1v) is 8.73. The lowest BCUT2D eigenvalue weighted by Crippen LogP contribution is -2.18. The second-order valence-corrected chi connectivity index (χ2v) is 6.74. The Labute approximate surface area is 164 Å². The van der Waals surface area contributed by atoms with Gasteiger partial charge < -0.3 is 15.7 Å². The first kappa shape index (κ1) is 20.4. The maximum absolute atomic E-state index is 13.9. The van der Waals surface area contributed by atoms with Crippen LogP contribution in [0.5, 0.6) is 0 Å². The molecule has 29 heavy (non-hydrogen) atoms. The normalized spacial score (nSPS) is 11.6. The van der Waals surface area contributed by atoms with Crippen molar-refractivity contribution in [2.24, 2.45) is 0 Å². The molecule has 0 amide bonds. The van der Waals surface area contributed by atoms with Crippen LogP contribution in [0.3, 0.4) is 0 Å². The molecule has 6 nitrogen and oxygen atoms in total. The van der Waals surface area contributed by atoms with E-state index >= 15 is 0 Å². The average molecular weight is 404 g/mol. The topological polar surface area (TPSA) is 92.3 Å². The molecule has 1 aromatic carbocycles. The number of aromatic nitrogens is 2. The van der Waals surface area contributed by atoms with Crippen LogP contribution in [0.25, 0.3) is 22.2 Å². The summed E-state index contributed by atoms with van der Waals surface area (Å²) in [6.45, 7) is 0. The van der Waals surface area contributed by atoms with Crippen molar-refractivity contribution in [2.45, 2.75) is 19.0 Å². The van der Waals surface area contributed by atoms with Crippen molar-refractivity contribution in [3.63, 3.8) is 0 Å². The first-order valence-electron chi connectivity index (χ1n) is 8.73. The van der Waals surface area contributed by atoms with Gasteiger partial charge in [0.15, 0.2) is 0 Å². The molecule has 2 aromatic heterocycles. The van der Waals surface area contributed by atoms with Crippen LogP contribution in [0, 0.1) is 0 Å². The van der Waals surface area contributed by atoms with Crippen LogP contribution in [0.1, 0.15) is 17.5 Å². The predicted molar refractivity (Wildman–Crippen MR) is 105 cm³/mol. The Bertz CT molecular complexity index is 1080. The Morgan fingerprint density at radius 1 is 1.17 bits per heavy atom. The number of carboxylic acid groups (broad SMARTS) is 1. The van der Waals surface area contributed by atoms with E-state index in [1.54, 1.807) is 12.1 Å². The van der Waals surface area contributed by atoms with E-state index in [4.69, 9.17) is 10.8 Å². The minimum Gasteiger partial charge on any atom is -0.481 e. The van der Waals surface area contributed by atoms with E-state index in [-0.39, 0.29) is 41.1 Å². The lowest BCUT2D eigenvalue weighted by Gasteiger charge is -2.22. The van der Waals surface area contributed by atoms with Crippen molar-refractivity contribution in [3.05, 3.63) is 47.7 Å². The number of aryl methyl sites for hydroxylation is 1. The Morgan fingerprint density at radius 3 is 2.52 bits per heavy atom. The molecule has 0 fully saturated rings. The molecule has 3 aromatic rings. The number of rotatable bonds is 5. The molecule has 3 N–H and O–H groups in total. The third kappa shape index (κ3) is 4.08. The van der Waals surface area contributed by atoms with Crippen molar-refractivity contribution in [1.29, 1.82) is 0 Å². The summed E-state index contributed by atoms with van der Waals surface area (Å²) in [4.78, 5) is 20.6. The number of carboxylic acids is 1. The summed E-state index contributed by atoms with van der Waals surface area (Å²) in [7, 11) is 3.05. The van der Waals surface area contributed by atoms with Gasteiger partial charge in [0, 0.05) is 37.7 Å². The third-order valence-corrected chi connectivity index (χ3v) is 4.53. The highest BCUT2D eigenvalue weighted by atomic mass is 19.4. The van der Waals surface area contributed by atoms with Gasteiger partial charge >= 0.3 is 12.1 Å². The molecular formula is C20H19F3N4O2. The van der Waals surface area contributed by atoms with E-state index in [0.717, 1.165) is 0 Å². The second kappa shape index (κ2) is 7.57. The highest BCUT2D eigenvalue weighted by Crippen LogP contribution is 2.43. The zero-order valence-corrected chi connectivity index (χ0v) is 15.8. The number of halogens is 3. The Balaban J connectivity index is 2.32. The van der Waals surface area contributed by atoms with Crippen LogP contribution in [0.4, 0.5) is 24.7 Å². The van der Waals surface area contributed by atoms with E-state index in [9.17, 15) is 18.0 Å². The van der Waals surface area contributed by atoms with E-state index in [1.807, 2.05) is 0 Å². The molecule has 9 heteroatoms. The quantitative estimate of drug-likeness (QED) is 0.668. The van der Waals surface area contributed by atoms with E-state index in [2.05, 4.69) is 9.97 Å². The number of nitrogens with zero attached hydrogens (tertiary/aromatic N) is 3. The summed E-state index contributed by atoms with van der Waals surface area (Å²) in [5.74, 6) is -0.822. The van der Waals surface area contributed by atoms with Gasteiger partial charge in [0.2, 0.25) is 0 Å². The summed E-state index contributed by atoms with van der Waals surface area (Å²) in [6.07, 6.45) is -3.22. The summed E-state index contributed by atoms with van der Waals surface area (Å²) in [6, 6.07) is 7.58. The molecule has 0 bridgehead atoms. The lowest BCUT2D eigenvalue weighted by molar-refractivity contribution is -0.137. The van der Waals surface area contributed by atoms with Crippen LogP contribution in [-0.4, -0.2) is 35.1 Å². The van der Waals surface area contributed by atoms with Crippen molar-refractivity contribution in [2.75, 3.05) is 24.7 Å². The zero-order chi connectivity index (χ0) is 21.3. The highest BCUT2D eigenvalue weighted by Gasteiger charge is 2.38. The Morgan fingerprint density at radius 2 is 1.90 bits per heavy atom. The fourth-order valence-corrected chi connectivity index (χ4v) is 3.25. The van der Waals surface area contributed by atoms with E-state index < -0.39 is 17.7 Å². The number of aliphatic carboxylic acids is 1. The van der Waals surface area contributed by atoms with Crippen molar-refractivity contribution >= 4 is 28.4 Å². The number of alkyl halides is 3. The number of hydrogen-bond acceptors (Lipinski definition) is 5. The van der Waals surface area contributed by atoms with Crippen LogP contribution >= 0.6 is 0 Å². The van der Waals surface area contributed by atoms with Crippen LogP contribution < -0.4 is 10.6 Å². The summed E-state index contributed by atoms with van der Waals surface area (Å²) in [5, 5.41) is 9.50. The summed E-state index contributed by atoms with van der Waals surface area (Å²) in [5.41, 5.74) is 5.75. The maximum atomic E-state index is 13.9. The van der Waals surface area contributed by atoms with E-state index in [1.165, 1.54) is 43.4 Å². The van der Waals surface area contributed by atoms with Crippen LogP contribution in [0.15, 0.2) is 36.5 Å². The first-order chi connectivity index (χ1) is 13.6. The highest BCUT2D eigenvalue weighted by molar-refractivity contribution is 5.97. The number of benzene rings is 1. The molecule has 3 rings (SSSR count). The Hall–Kier alpha value is -3.36. The second-order valence-electron chi connectivity index (χ2n) is 6.74. The number of nitrogen functional groups attached to an aromatic ring is 1. The van der Waals surface area contributed by atoms with E-state index in [0.29, 0.717) is 10.9 Å². The molecular weight excluding hydrogens is 385 g/mol. The molecule has 0 aliphatic carbocycles. The number of carbonyl (C=O) groups is 1. The number of hydrogen-bond donors (Lipinski definition) is 2. The monoisotopic (exact) mass is 404 g/mol. The molecule has 0 radical (unpaired) electrons. The lowest BCUT2D eigenvalue weighted by atomic mass is 9.96. The summed E-state index contributed by atoms with van der Waals surface area (Å²) >= 11 is 0. The van der Waals surface area contributed by atoms with Gasteiger partial charge in [0.05, 0.1) is 16.9 Å². The molecule has 0 atom stereocenters. The molecule has 0 aliphatic heterocycles. The van der Waals surface area contributed by atoms with Gasteiger partial charge in [-0.25, -0.2) is 4.98 Å². The molecule has 0 saturated heterocycles. The number of pyridine rings is 2. The molecule has 152 valence electrons. The van der Waals surface area contributed by atoms with Gasteiger partial charge in [-0.3, -0.25) is 9.78 Å². The Kier molecular flexibility index (Phi) is 5.32. The SMILES string of the molecule is CN(C)c1ccnc(-c2ccc(CCC(=O)O)c3ccc(N)nc23)c1C(F)(F)F. The number of anilines is 2. The van der Waals surface area contributed by atoms with Crippen molar-refractivity contribution in [3.8, 4) is 11.3 Å². The predicted octanol–water partition coefficient (Wildman–Crippen LogP) is 3.98. The molecule has 0 saturated carbocycles. The largest absolute Gasteiger partial charge is 0.481 e.